The Morgan fingerprint density at radius 2 is 2.05 bits per heavy atom. The zero-order chi connectivity index (χ0) is 14.1. The van der Waals surface area contributed by atoms with Crippen molar-refractivity contribution in [2.75, 3.05) is 5.75 Å². The maximum atomic E-state index is 12.0. The average Bonchev–Trinajstić information content (AvgIpc) is 2.73. The maximum Gasteiger partial charge on any atom is 0.234 e. The van der Waals surface area contributed by atoms with Gasteiger partial charge in [0.2, 0.25) is 11.8 Å². The normalized spacial score (nSPS) is 23.4. The van der Waals surface area contributed by atoms with E-state index in [1.54, 1.807) is 0 Å². The first-order valence-electron chi connectivity index (χ1n) is 6.57. The summed E-state index contributed by atoms with van der Waals surface area (Å²) >= 11 is 0. The lowest BCUT2D eigenvalue weighted by atomic mass is 10.1. The number of aromatic nitrogens is 2. The van der Waals surface area contributed by atoms with Crippen molar-refractivity contribution in [1.82, 2.24) is 15.5 Å². The van der Waals surface area contributed by atoms with Crippen molar-refractivity contribution in [1.29, 1.82) is 0 Å². The van der Waals surface area contributed by atoms with E-state index in [2.05, 4.69) is 15.5 Å². The molecule has 1 saturated heterocycles. The molecule has 0 aromatic carbocycles. The molecule has 1 N–H and O–H groups in total. The Hall–Kier alpha value is -0.950. The Kier molecular flexibility index (Phi) is 3.96. The van der Waals surface area contributed by atoms with Gasteiger partial charge in [-0.3, -0.25) is 0 Å². The fraction of sp³-hybridized carbons (Fsp3) is 0.833. The predicted octanol–water partition coefficient (Wildman–Crippen LogP) is 1.60. The Labute approximate surface area is 113 Å². The minimum atomic E-state index is -3.12. The van der Waals surface area contributed by atoms with Crippen molar-refractivity contribution < 1.29 is 12.8 Å². The first-order valence-corrected chi connectivity index (χ1v) is 8.28. The van der Waals surface area contributed by atoms with E-state index in [1.807, 2.05) is 20.8 Å². The van der Waals surface area contributed by atoms with Gasteiger partial charge in [-0.25, -0.2) is 8.42 Å². The Bertz CT molecular complexity index is 531. The van der Waals surface area contributed by atoms with Crippen LogP contribution in [0.3, 0.4) is 0 Å². The van der Waals surface area contributed by atoms with Gasteiger partial charge in [0, 0.05) is 5.54 Å². The summed E-state index contributed by atoms with van der Waals surface area (Å²) in [5.74, 6) is 0.895. The molecule has 1 unspecified atom stereocenters. The van der Waals surface area contributed by atoms with E-state index < -0.39 is 15.1 Å². The van der Waals surface area contributed by atoms with E-state index in [1.165, 1.54) is 0 Å². The molecule has 7 heteroatoms. The fourth-order valence-corrected chi connectivity index (χ4v) is 3.86. The van der Waals surface area contributed by atoms with Gasteiger partial charge in [0.15, 0.2) is 9.84 Å². The summed E-state index contributed by atoms with van der Waals surface area (Å²) in [4.78, 5) is 0. The summed E-state index contributed by atoms with van der Waals surface area (Å²) < 4.78 is 29.4. The van der Waals surface area contributed by atoms with Crippen LogP contribution in [0.1, 0.15) is 57.1 Å². The molecule has 19 heavy (non-hydrogen) atoms. The van der Waals surface area contributed by atoms with Crippen LogP contribution < -0.4 is 5.32 Å². The third kappa shape index (κ3) is 3.76. The molecule has 1 atom stereocenters. The summed E-state index contributed by atoms with van der Waals surface area (Å²) in [7, 11) is -3.12. The van der Waals surface area contributed by atoms with Gasteiger partial charge in [0.25, 0.3) is 0 Å². The highest BCUT2D eigenvalue weighted by Crippen LogP contribution is 2.32. The molecule has 108 valence electrons. The van der Waals surface area contributed by atoms with E-state index in [-0.39, 0.29) is 17.2 Å². The van der Waals surface area contributed by atoms with Crippen molar-refractivity contribution in [3.8, 4) is 0 Å². The molecule has 1 aliphatic heterocycles. The van der Waals surface area contributed by atoms with Crippen molar-refractivity contribution in [3.63, 3.8) is 0 Å². The molecule has 6 nitrogen and oxygen atoms in total. The van der Waals surface area contributed by atoms with Crippen molar-refractivity contribution in [3.05, 3.63) is 11.8 Å². The first kappa shape index (κ1) is 14.5. The number of sulfone groups is 1. The van der Waals surface area contributed by atoms with Crippen LogP contribution in [0.4, 0.5) is 0 Å². The van der Waals surface area contributed by atoms with Crippen LogP contribution in [0.5, 0.6) is 0 Å². The second-order valence-corrected chi connectivity index (χ2v) is 8.29. The van der Waals surface area contributed by atoms with Crippen LogP contribution >= 0.6 is 0 Å². The first-order chi connectivity index (χ1) is 8.78. The molecule has 2 heterocycles. The van der Waals surface area contributed by atoms with Gasteiger partial charge in [-0.05, 0) is 33.6 Å². The van der Waals surface area contributed by atoms with E-state index >= 15 is 0 Å². The minimum Gasteiger partial charge on any atom is -0.422 e. The maximum absolute atomic E-state index is 12.0. The van der Waals surface area contributed by atoms with Gasteiger partial charge >= 0.3 is 0 Å². The zero-order valence-electron chi connectivity index (χ0n) is 11.6. The number of hydrogen-bond acceptors (Lipinski definition) is 6. The molecule has 1 fully saturated rings. The van der Waals surface area contributed by atoms with E-state index in [0.717, 1.165) is 12.8 Å². The molecular formula is C12H21N3O3S. The monoisotopic (exact) mass is 287 g/mol. The van der Waals surface area contributed by atoms with Crippen LogP contribution in [0.2, 0.25) is 0 Å². The molecule has 0 bridgehead atoms. The largest absolute Gasteiger partial charge is 0.422 e. The summed E-state index contributed by atoms with van der Waals surface area (Å²) in [5, 5.41) is 10.4. The second-order valence-electron chi connectivity index (χ2n) is 5.99. The van der Waals surface area contributed by atoms with Gasteiger partial charge in [-0.15, -0.1) is 10.2 Å². The number of rotatable bonds is 3. The van der Waals surface area contributed by atoms with Gasteiger partial charge in [-0.1, -0.05) is 6.42 Å². The zero-order valence-corrected chi connectivity index (χ0v) is 12.5. The third-order valence-corrected chi connectivity index (χ3v) is 5.27. The smallest absolute Gasteiger partial charge is 0.234 e. The number of hydrogen-bond donors (Lipinski definition) is 1. The molecule has 0 radical (unpaired) electrons. The van der Waals surface area contributed by atoms with Crippen molar-refractivity contribution in [2.45, 2.75) is 57.4 Å². The van der Waals surface area contributed by atoms with Gasteiger partial charge in [-0.2, -0.15) is 0 Å². The lowest BCUT2D eigenvalue weighted by molar-refractivity contribution is 0.365. The van der Waals surface area contributed by atoms with E-state index in [4.69, 9.17) is 4.42 Å². The van der Waals surface area contributed by atoms with E-state index in [9.17, 15) is 8.42 Å². The number of nitrogens with one attached hydrogen (secondary N) is 1. The quantitative estimate of drug-likeness (QED) is 0.909. The fourth-order valence-electron chi connectivity index (χ4n) is 2.04. The molecule has 0 saturated carbocycles. The number of nitrogens with zero attached hydrogens (tertiary/aromatic N) is 2. The van der Waals surface area contributed by atoms with Crippen LogP contribution in [0, 0.1) is 0 Å². The van der Waals surface area contributed by atoms with Crippen LogP contribution in [0.15, 0.2) is 4.42 Å². The highest BCUT2D eigenvalue weighted by Gasteiger charge is 2.34. The average molecular weight is 287 g/mol. The lowest BCUT2D eigenvalue weighted by Gasteiger charge is -2.19. The molecule has 0 amide bonds. The molecule has 1 aromatic heterocycles. The highest BCUT2D eigenvalue weighted by atomic mass is 32.2. The lowest BCUT2D eigenvalue weighted by Crippen LogP contribution is -2.35. The summed E-state index contributed by atoms with van der Waals surface area (Å²) in [6, 6.07) is 0. The van der Waals surface area contributed by atoms with Crippen LogP contribution in [0.25, 0.3) is 0 Å². The Morgan fingerprint density at radius 1 is 1.32 bits per heavy atom. The standard InChI is InChI=1S/C12H21N3O3S/c1-12(2,3)13-8-10-14-15-11(18-10)9-6-4-5-7-19(9,16)17/h9,13H,4-8H2,1-3H3. The summed E-state index contributed by atoms with van der Waals surface area (Å²) in [6.07, 6.45) is 2.20. The van der Waals surface area contributed by atoms with Gasteiger partial charge < -0.3 is 9.73 Å². The molecule has 1 aromatic rings. The van der Waals surface area contributed by atoms with Crippen LogP contribution in [-0.2, 0) is 16.4 Å². The highest BCUT2D eigenvalue weighted by molar-refractivity contribution is 7.91. The third-order valence-electron chi connectivity index (χ3n) is 3.11. The predicted molar refractivity (Wildman–Crippen MR) is 71.3 cm³/mol. The van der Waals surface area contributed by atoms with Crippen molar-refractivity contribution >= 4 is 9.84 Å². The molecule has 0 spiro atoms. The van der Waals surface area contributed by atoms with Gasteiger partial charge in [0.05, 0.1) is 12.3 Å². The Morgan fingerprint density at radius 3 is 2.68 bits per heavy atom. The topological polar surface area (TPSA) is 85.1 Å². The van der Waals surface area contributed by atoms with Gasteiger partial charge in [0.1, 0.15) is 5.25 Å². The minimum absolute atomic E-state index is 0.0501. The molecule has 2 rings (SSSR count). The molecule has 0 aliphatic carbocycles. The summed E-state index contributed by atoms with van der Waals surface area (Å²) in [6.45, 7) is 6.56. The van der Waals surface area contributed by atoms with E-state index in [0.29, 0.717) is 18.9 Å². The molecular weight excluding hydrogens is 266 g/mol. The summed E-state index contributed by atoms with van der Waals surface area (Å²) in [5.41, 5.74) is -0.0501. The van der Waals surface area contributed by atoms with Crippen molar-refractivity contribution in [2.24, 2.45) is 0 Å². The second kappa shape index (κ2) is 5.20. The van der Waals surface area contributed by atoms with Crippen LogP contribution in [-0.4, -0.2) is 29.9 Å². The SMILES string of the molecule is CC(C)(C)NCc1nnc(C2CCCCS2(=O)=O)o1. The molecule has 1 aliphatic rings. The Balaban J connectivity index is 2.08.